The Labute approximate surface area is 255 Å². The summed E-state index contributed by atoms with van der Waals surface area (Å²) < 4.78 is 72.4. The molecule has 0 radical (unpaired) electrons. The van der Waals surface area contributed by atoms with E-state index in [4.69, 9.17) is 31.8 Å². The summed E-state index contributed by atoms with van der Waals surface area (Å²) >= 11 is 6.80. The van der Waals surface area contributed by atoms with Crippen molar-refractivity contribution < 1.29 is 27.0 Å². The van der Waals surface area contributed by atoms with Crippen molar-refractivity contribution in [1.82, 2.24) is 25.2 Å². The van der Waals surface area contributed by atoms with Gasteiger partial charge in [-0.1, -0.05) is 23.8 Å². The topological polar surface area (TPSA) is 102 Å². The summed E-state index contributed by atoms with van der Waals surface area (Å²) in [5.74, 6) is -0.888. The third-order valence-corrected chi connectivity index (χ3v) is 10.3. The van der Waals surface area contributed by atoms with E-state index in [1.54, 1.807) is 0 Å². The molecule has 1 unspecified atom stereocenters. The van der Waals surface area contributed by atoms with Crippen molar-refractivity contribution in [3.05, 3.63) is 40.2 Å². The maximum atomic E-state index is 16.8. The Bertz CT molecular complexity index is 1750. The molecule has 3 aromatic rings. The molecule has 0 saturated carbocycles. The Morgan fingerprint density at radius 3 is 2.82 bits per heavy atom. The lowest BCUT2D eigenvalue weighted by molar-refractivity contribution is -0.137. The van der Waals surface area contributed by atoms with Crippen molar-refractivity contribution in [2.75, 3.05) is 43.5 Å². The number of aryl methyl sites for hydroxylation is 1. The molecule has 4 atom stereocenters. The summed E-state index contributed by atoms with van der Waals surface area (Å²) in [5.41, 5.74) is 3.88. The third kappa shape index (κ3) is 4.08. The molecule has 2 aromatic heterocycles. The van der Waals surface area contributed by atoms with Crippen LogP contribution in [0, 0.1) is 12.7 Å². The van der Waals surface area contributed by atoms with Crippen LogP contribution >= 0.6 is 11.6 Å². The highest BCUT2D eigenvalue weighted by molar-refractivity contribution is 6.36. The molecule has 4 saturated heterocycles. The van der Waals surface area contributed by atoms with Crippen LogP contribution in [0.15, 0.2) is 18.2 Å². The number of ether oxygens (including phenoxy) is 2. The summed E-state index contributed by atoms with van der Waals surface area (Å²) in [6, 6.07) is 1.14. The van der Waals surface area contributed by atoms with Gasteiger partial charge in [0, 0.05) is 31.7 Å². The lowest BCUT2D eigenvalue weighted by atomic mass is 9.85. The molecule has 1 aromatic carbocycles. The number of pyridine rings is 1. The number of aromatic nitrogens is 3. The van der Waals surface area contributed by atoms with E-state index >= 15 is 4.39 Å². The fraction of sp³-hybridized carbons (Fsp3) is 0.500. The van der Waals surface area contributed by atoms with E-state index in [1.165, 1.54) is 6.92 Å². The number of piperazine rings is 1. The normalized spacial score (nSPS) is 27.5. The molecule has 2 bridgehead atoms. The number of benzene rings is 1. The zero-order chi connectivity index (χ0) is 30.7. The van der Waals surface area contributed by atoms with Crippen molar-refractivity contribution in [3.63, 3.8) is 0 Å². The second kappa shape index (κ2) is 9.54. The van der Waals surface area contributed by atoms with Gasteiger partial charge >= 0.3 is 12.2 Å². The zero-order valence-electron chi connectivity index (χ0n) is 23.9. The van der Waals surface area contributed by atoms with Crippen molar-refractivity contribution in [1.29, 1.82) is 0 Å². The molecule has 14 heteroatoms. The maximum absolute atomic E-state index is 16.8. The number of nitrogens with two attached hydrogens (primary N) is 1. The van der Waals surface area contributed by atoms with E-state index in [-0.39, 0.29) is 75.9 Å². The number of fused-ring (bicyclic) bond motifs is 6. The van der Waals surface area contributed by atoms with Gasteiger partial charge in [0.15, 0.2) is 11.6 Å². The van der Waals surface area contributed by atoms with Crippen LogP contribution in [0.2, 0.25) is 5.02 Å². The molecule has 0 amide bonds. The molecule has 232 valence electrons. The summed E-state index contributed by atoms with van der Waals surface area (Å²) in [6.07, 6.45) is -1.28. The second-order valence-electron chi connectivity index (χ2n) is 12.7. The van der Waals surface area contributed by atoms with Gasteiger partial charge in [0.05, 0.1) is 38.8 Å². The van der Waals surface area contributed by atoms with Crippen LogP contribution in [-0.2, 0) is 6.18 Å². The highest BCUT2D eigenvalue weighted by Gasteiger charge is 2.50. The SMILES string of the molecule is C=C1CN2CCC2(COc2nc3c4c(c(Cl)c(-c5nc(N)cc(C)c5C(F)(F)F)c(F)c4n2)OC[C@@H]2[C@@H]4CC[C@H](CN32)N4)C1. The molecule has 5 aliphatic heterocycles. The number of hydrogen-bond donors (Lipinski definition) is 2. The van der Waals surface area contributed by atoms with Crippen LogP contribution in [0.25, 0.3) is 22.2 Å². The van der Waals surface area contributed by atoms with E-state index in [0.29, 0.717) is 12.4 Å². The van der Waals surface area contributed by atoms with E-state index in [1.807, 2.05) is 0 Å². The first-order chi connectivity index (χ1) is 20.9. The highest BCUT2D eigenvalue weighted by atomic mass is 35.5. The van der Waals surface area contributed by atoms with Crippen LogP contribution in [0.4, 0.5) is 29.2 Å². The fourth-order valence-corrected chi connectivity index (χ4v) is 8.15. The fourth-order valence-electron chi connectivity index (χ4n) is 7.83. The lowest BCUT2D eigenvalue weighted by Gasteiger charge is -2.47. The molecule has 9 nitrogen and oxygen atoms in total. The molecule has 0 aliphatic carbocycles. The van der Waals surface area contributed by atoms with Gasteiger partial charge in [-0.15, -0.1) is 0 Å². The number of nitrogens with zero attached hydrogens (tertiary/aromatic N) is 5. The van der Waals surface area contributed by atoms with Gasteiger partial charge in [-0.25, -0.2) is 9.37 Å². The van der Waals surface area contributed by atoms with Crippen molar-refractivity contribution in [2.24, 2.45) is 0 Å². The zero-order valence-corrected chi connectivity index (χ0v) is 24.7. The van der Waals surface area contributed by atoms with Gasteiger partial charge in [-0.05, 0) is 44.2 Å². The van der Waals surface area contributed by atoms with E-state index < -0.39 is 28.8 Å². The van der Waals surface area contributed by atoms with Gasteiger partial charge in [-0.3, -0.25) is 4.90 Å². The minimum atomic E-state index is -4.87. The first-order valence-electron chi connectivity index (χ1n) is 14.7. The number of anilines is 2. The van der Waals surface area contributed by atoms with Crippen LogP contribution in [-0.4, -0.2) is 76.4 Å². The largest absolute Gasteiger partial charge is 0.489 e. The predicted octanol–water partition coefficient (Wildman–Crippen LogP) is 4.88. The monoisotopic (exact) mass is 631 g/mol. The van der Waals surface area contributed by atoms with E-state index in [9.17, 15) is 13.2 Å². The van der Waals surface area contributed by atoms with Gasteiger partial charge in [-0.2, -0.15) is 23.1 Å². The van der Waals surface area contributed by atoms with Crippen LogP contribution in [0.5, 0.6) is 11.8 Å². The minimum absolute atomic E-state index is 0.00995. The summed E-state index contributed by atoms with van der Waals surface area (Å²) in [6.45, 7) is 8.13. The number of hydrogen-bond acceptors (Lipinski definition) is 9. The average molecular weight is 632 g/mol. The first-order valence-corrected chi connectivity index (χ1v) is 15.1. The first kappa shape index (κ1) is 28.1. The molecule has 4 fully saturated rings. The molecular weight excluding hydrogens is 602 g/mol. The predicted molar refractivity (Wildman–Crippen MR) is 157 cm³/mol. The number of nitrogen functional groups attached to an aromatic ring is 1. The molecular formula is C30H30ClF4N7O2. The summed E-state index contributed by atoms with van der Waals surface area (Å²) in [7, 11) is 0. The Morgan fingerprint density at radius 2 is 2.09 bits per heavy atom. The number of halogens is 5. The minimum Gasteiger partial charge on any atom is -0.489 e. The number of nitrogens with one attached hydrogen (secondary N) is 1. The highest BCUT2D eigenvalue weighted by Crippen LogP contribution is 2.51. The van der Waals surface area contributed by atoms with Gasteiger partial charge < -0.3 is 25.4 Å². The third-order valence-electron chi connectivity index (χ3n) is 9.91. The standard InChI is InChI=1S/C30H30ClF4N7O2/c1-13-8-29(5-6-41(29)9-13)12-44-28-39-25-20-26(43-11-17-16-4-3-15(37-16)10-42(17)27(20)40-28)22(31)19(23(25)32)24-21(30(33,34)35)14(2)7-18(36)38-24/h7,15-17,37H,1,3-6,8-12H2,2H3,(H2,36,38)/t15-,16+,17-,29?/m1/s1. The van der Waals surface area contributed by atoms with Crippen LogP contribution in [0.3, 0.4) is 0 Å². The van der Waals surface area contributed by atoms with Gasteiger partial charge in [0.25, 0.3) is 0 Å². The number of rotatable bonds is 4. The Morgan fingerprint density at radius 1 is 1.27 bits per heavy atom. The molecule has 3 N–H and O–H groups in total. The van der Waals surface area contributed by atoms with Gasteiger partial charge in [0.2, 0.25) is 0 Å². The molecule has 0 spiro atoms. The number of alkyl halides is 3. The Balaban J connectivity index is 1.34. The Kier molecular flexibility index (Phi) is 6.09. The quantitative estimate of drug-likeness (QED) is 0.308. The maximum Gasteiger partial charge on any atom is 0.418 e. The average Bonchev–Trinajstić information content (AvgIpc) is 3.36. The van der Waals surface area contributed by atoms with E-state index in [0.717, 1.165) is 50.4 Å². The van der Waals surface area contributed by atoms with Crippen LogP contribution < -0.4 is 25.4 Å². The lowest BCUT2D eigenvalue weighted by Crippen LogP contribution is -2.60. The molecule has 44 heavy (non-hydrogen) atoms. The summed E-state index contributed by atoms with van der Waals surface area (Å²) in [5, 5.41) is 3.46. The van der Waals surface area contributed by atoms with Gasteiger partial charge in [0.1, 0.15) is 30.4 Å². The van der Waals surface area contributed by atoms with Crippen molar-refractivity contribution in [2.45, 2.75) is 62.4 Å². The van der Waals surface area contributed by atoms with E-state index in [2.05, 4.69) is 31.7 Å². The Hall–Kier alpha value is -3.42. The molecule has 8 rings (SSSR count). The molecule has 5 aliphatic rings. The van der Waals surface area contributed by atoms with Crippen LogP contribution in [0.1, 0.15) is 36.8 Å². The molecule has 7 heterocycles. The summed E-state index contributed by atoms with van der Waals surface area (Å²) in [4.78, 5) is 17.6. The van der Waals surface area contributed by atoms with Crippen molar-refractivity contribution in [3.8, 4) is 23.0 Å². The smallest absolute Gasteiger partial charge is 0.418 e. The second-order valence-corrected chi connectivity index (χ2v) is 13.0. The van der Waals surface area contributed by atoms with Crippen molar-refractivity contribution >= 4 is 34.1 Å².